The van der Waals surface area contributed by atoms with E-state index in [1.165, 1.54) is 5.56 Å². The summed E-state index contributed by atoms with van der Waals surface area (Å²) >= 11 is 0. The van der Waals surface area contributed by atoms with Gasteiger partial charge in [-0.2, -0.15) is 0 Å². The molecule has 0 radical (unpaired) electrons. The van der Waals surface area contributed by atoms with Crippen LogP contribution in [0.25, 0.3) is 0 Å². The van der Waals surface area contributed by atoms with Crippen molar-refractivity contribution in [1.82, 2.24) is 4.90 Å². The van der Waals surface area contributed by atoms with Crippen LogP contribution < -0.4 is 0 Å². The summed E-state index contributed by atoms with van der Waals surface area (Å²) in [7, 11) is 0. The van der Waals surface area contributed by atoms with Gasteiger partial charge in [0.25, 0.3) is 0 Å². The molecule has 2 aliphatic heterocycles. The summed E-state index contributed by atoms with van der Waals surface area (Å²) in [6.45, 7) is 3.45. The lowest BCUT2D eigenvalue weighted by atomic mass is 9.74. The molecule has 2 saturated heterocycles. The number of hydrogen-bond donors (Lipinski definition) is 1. The molecule has 2 aliphatic rings. The van der Waals surface area contributed by atoms with Crippen molar-refractivity contribution in [3.05, 3.63) is 35.4 Å². The van der Waals surface area contributed by atoms with Crippen LogP contribution in [0.5, 0.6) is 0 Å². The normalized spacial score (nSPS) is 25.0. The van der Waals surface area contributed by atoms with Crippen molar-refractivity contribution < 1.29 is 24.2 Å². The maximum Gasteiger partial charge on any atom is 0.311 e. The van der Waals surface area contributed by atoms with E-state index in [1.54, 1.807) is 17.0 Å². The average Bonchev–Trinajstić information content (AvgIpc) is 3.07. The lowest BCUT2D eigenvalue weighted by Gasteiger charge is -2.33. The molecule has 0 spiro atoms. The zero-order valence-electron chi connectivity index (χ0n) is 15.1. The van der Waals surface area contributed by atoms with Gasteiger partial charge in [-0.15, -0.1) is 0 Å². The number of aryl methyl sites for hydroxylation is 1. The molecule has 2 heterocycles. The second kappa shape index (κ2) is 7.58. The van der Waals surface area contributed by atoms with Gasteiger partial charge in [0.05, 0.1) is 12.0 Å². The van der Waals surface area contributed by atoms with Crippen LogP contribution in [0.2, 0.25) is 0 Å². The van der Waals surface area contributed by atoms with Crippen LogP contribution in [0, 0.1) is 11.3 Å². The molecule has 6 heteroatoms. The molecule has 0 unspecified atom stereocenters. The fourth-order valence-electron chi connectivity index (χ4n) is 3.94. The molecule has 26 heavy (non-hydrogen) atoms. The van der Waals surface area contributed by atoms with Gasteiger partial charge in [-0.05, 0) is 18.4 Å². The van der Waals surface area contributed by atoms with Gasteiger partial charge in [0.15, 0.2) is 5.78 Å². The molecule has 1 N–H and O–H groups in total. The maximum absolute atomic E-state index is 12.5. The van der Waals surface area contributed by atoms with Crippen molar-refractivity contribution in [2.75, 3.05) is 26.3 Å². The van der Waals surface area contributed by atoms with Crippen LogP contribution in [0.3, 0.4) is 0 Å². The number of nitrogens with zero attached hydrogens (tertiary/aromatic N) is 1. The fraction of sp³-hybridized carbons (Fsp3) is 0.550. The third-order valence-corrected chi connectivity index (χ3v) is 5.74. The number of aliphatic carboxylic acids is 1. The predicted octanol–water partition coefficient (Wildman–Crippen LogP) is 2.16. The van der Waals surface area contributed by atoms with Crippen LogP contribution >= 0.6 is 0 Å². The van der Waals surface area contributed by atoms with Crippen LogP contribution in [0.15, 0.2) is 24.3 Å². The Morgan fingerprint density at radius 2 is 1.96 bits per heavy atom. The molecular weight excluding hydrogens is 334 g/mol. The SMILES string of the molecule is CCc1ccc(C(=O)CCC(=O)N2C[C@H]3COCC[C@@]3(C(=O)O)C2)cc1. The standard InChI is InChI=1S/C20H25NO5/c1-2-14-3-5-15(6-4-14)17(22)7-8-18(23)21-11-16-12-26-10-9-20(16,13-21)19(24)25/h3-6,16H,2,7-13H2,1H3,(H,24,25)/t16-,20+/m0/s1. The number of carbonyl (C=O) groups excluding carboxylic acids is 2. The van der Waals surface area contributed by atoms with Crippen molar-refractivity contribution in [3.8, 4) is 0 Å². The lowest BCUT2D eigenvalue weighted by molar-refractivity contribution is -0.157. The van der Waals surface area contributed by atoms with Gasteiger partial charge in [0, 0.05) is 44.0 Å². The topological polar surface area (TPSA) is 83.9 Å². The van der Waals surface area contributed by atoms with E-state index in [-0.39, 0.29) is 37.0 Å². The average molecular weight is 359 g/mol. The Labute approximate surface area is 153 Å². The van der Waals surface area contributed by atoms with Gasteiger partial charge >= 0.3 is 5.97 Å². The molecule has 0 bridgehead atoms. The Morgan fingerprint density at radius 3 is 2.58 bits per heavy atom. The van der Waals surface area contributed by atoms with Gasteiger partial charge < -0.3 is 14.7 Å². The molecule has 1 amide bonds. The summed E-state index contributed by atoms with van der Waals surface area (Å²) in [6, 6.07) is 7.45. The summed E-state index contributed by atoms with van der Waals surface area (Å²) < 4.78 is 5.41. The van der Waals surface area contributed by atoms with Crippen molar-refractivity contribution in [2.45, 2.75) is 32.6 Å². The molecule has 2 atom stereocenters. The fourth-order valence-corrected chi connectivity index (χ4v) is 3.94. The number of carbonyl (C=O) groups is 3. The number of fused-ring (bicyclic) bond motifs is 1. The number of amides is 1. The van der Waals surface area contributed by atoms with E-state index >= 15 is 0 Å². The van der Waals surface area contributed by atoms with Gasteiger partial charge in [0.1, 0.15) is 0 Å². The number of ether oxygens (including phenoxy) is 1. The van der Waals surface area contributed by atoms with Crippen molar-refractivity contribution in [2.24, 2.45) is 11.3 Å². The smallest absolute Gasteiger partial charge is 0.311 e. The molecule has 1 aromatic rings. The lowest BCUT2D eigenvalue weighted by Crippen LogP contribution is -2.45. The van der Waals surface area contributed by atoms with E-state index in [2.05, 4.69) is 6.92 Å². The first-order valence-corrected chi connectivity index (χ1v) is 9.17. The number of carboxylic acid groups (broad SMARTS) is 1. The number of likely N-dealkylation sites (tertiary alicyclic amines) is 1. The van der Waals surface area contributed by atoms with Gasteiger partial charge in [-0.25, -0.2) is 0 Å². The number of rotatable bonds is 6. The minimum Gasteiger partial charge on any atom is -0.481 e. The number of carboxylic acids is 1. The van der Waals surface area contributed by atoms with Crippen LogP contribution in [0.1, 0.15) is 42.1 Å². The number of Topliss-reactive ketones (excluding diaryl/α,β-unsaturated/α-hetero) is 1. The monoisotopic (exact) mass is 359 g/mol. The third kappa shape index (κ3) is 3.51. The summed E-state index contributed by atoms with van der Waals surface area (Å²) in [5.41, 5.74) is 0.882. The third-order valence-electron chi connectivity index (χ3n) is 5.74. The van der Waals surface area contributed by atoms with Crippen molar-refractivity contribution in [3.63, 3.8) is 0 Å². The van der Waals surface area contributed by atoms with E-state index in [1.807, 2.05) is 12.1 Å². The summed E-state index contributed by atoms with van der Waals surface area (Å²) in [5, 5.41) is 9.66. The van der Waals surface area contributed by atoms with Crippen LogP contribution in [-0.4, -0.2) is 54.0 Å². The highest BCUT2D eigenvalue weighted by Gasteiger charge is 2.54. The highest BCUT2D eigenvalue weighted by Crippen LogP contribution is 2.42. The molecule has 0 aromatic heterocycles. The van der Waals surface area contributed by atoms with Gasteiger partial charge in [-0.1, -0.05) is 31.2 Å². The van der Waals surface area contributed by atoms with E-state index in [9.17, 15) is 19.5 Å². The minimum atomic E-state index is -0.895. The van der Waals surface area contributed by atoms with Gasteiger partial charge in [-0.3, -0.25) is 14.4 Å². The summed E-state index contributed by atoms with van der Waals surface area (Å²) in [4.78, 5) is 38.2. The molecule has 2 fully saturated rings. The zero-order chi connectivity index (χ0) is 18.7. The minimum absolute atomic E-state index is 0.0612. The predicted molar refractivity (Wildman–Crippen MR) is 95.0 cm³/mol. The Morgan fingerprint density at radius 1 is 1.23 bits per heavy atom. The largest absolute Gasteiger partial charge is 0.481 e. The zero-order valence-corrected chi connectivity index (χ0v) is 15.1. The first-order chi connectivity index (χ1) is 12.5. The molecule has 1 aromatic carbocycles. The number of hydrogen-bond acceptors (Lipinski definition) is 4. The second-order valence-corrected chi connectivity index (χ2v) is 7.23. The van der Waals surface area contributed by atoms with E-state index in [0.29, 0.717) is 31.7 Å². The van der Waals surface area contributed by atoms with E-state index in [4.69, 9.17) is 4.74 Å². The Bertz CT molecular complexity index is 699. The maximum atomic E-state index is 12.5. The molecule has 0 saturated carbocycles. The molecule has 6 nitrogen and oxygen atoms in total. The Hall–Kier alpha value is -2.21. The Balaban J connectivity index is 1.58. The quantitative estimate of drug-likeness (QED) is 0.787. The summed E-state index contributed by atoms with van der Waals surface area (Å²) in [6.07, 6.45) is 1.59. The highest BCUT2D eigenvalue weighted by molar-refractivity contribution is 5.98. The van der Waals surface area contributed by atoms with Crippen LogP contribution in [-0.2, 0) is 20.7 Å². The molecule has 0 aliphatic carbocycles. The molecule has 3 rings (SSSR count). The molecule has 140 valence electrons. The van der Waals surface area contributed by atoms with E-state index < -0.39 is 11.4 Å². The van der Waals surface area contributed by atoms with Gasteiger partial charge in [0.2, 0.25) is 5.91 Å². The van der Waals surface area contributed by atoms with E-state index in [0.717, 1.165) is 6.42 Å². The number of benzene rings is 1. The highest BCUT2D eigenvalue weighted by atomic mass is 16.5. The molecular formula is C20H25NO5. The summed E-state index contributed by atoms with van der Waals surface area (Å²) in [5.74, 6) is -1.24. The first kappa shape index (κ1) is 18.6. The second-order valence-electron chi connectivity index (χ2n) is 7.23. The Kier molecular flexibility index (Phi) is 5.41. The number of ketones is 1. The van der Waals surface area contributed by atoms with Crippen molar-refractivity contribution >= 4 is 17.7 Å². The first-order valence-electron chi connectivity index (χ1n) is 9.17. The van der Waals surface area contributed by atoms with Crippen molar-refractivity contribution in [1.29, 1.82) is 0 Å². The van der Waals surface area contributed by atoms with Crippen LogP contribution in [0.4, 0.5) is 0 Å².